The molecule has 1 amide bonds. The number of rotatable bonds is 5. The van der Waals surface area contributed by atoms with E-state index in [-0.39, 0.29) is 20.9 Å². The molecule has 1 aliphatic carbocycles. The number of non-ortho nitro benzene ring substituents is 1. The van der Waals surface area contributed by atoms with Crippen molar-refractivity contribution in [3.8, 4) is 11.1 Å². The predicted octanol–water partition coefficient (Wildman–Crippen LogP) is 8.63. The van der Waals surface area contributed by atoms with Crippen LogP contribution in [0.1, 0.15) is 31.4 Å². The van der Waals surface area contributed by atoms with E-state index in [2.05, 4.69) is 51.4 Å². The van der Waals surface area contributed by atoms with Gasteiger partial charge in [0.1, 0.15) is 0 Å². The molecule has 7 aromatic rings. The average Bonchev–Trinajstić information content (AvgIpc) is 3.17. The minimum atomic E-state index is -4.83. The van der Waals surface area contributed by atoms with Crippen molar-refractivity contribution in [1.82, 2.24) is 4.98 Å². The summed E-state index contributed by atoms with van der Waals surface area (Å²) in [5.74, 6) is 0.381. The molecule has 2 unspecified atom stereocenters. The third-order valence-corrected chi connectivity index (χ3v) is 11.7. The molecular formula is C42H38AsN3O7. The van der Waals surface area contributed by atoms with Gasteiger partial charge in [0.25, 0.3) is 5.69 Å². The van der Waals surface area contributed by atoms with Crippen molar-refractivity contribution in [1.29, 1.82) is 0 Å². The molecule has 53 heavy (non-hydrogen) atoms. The van der Waals surface area contributed by atoms with E-state index in [1.54, 1.807) is 12.1 Å². The van der Waals surface area contributed by atoms with Crippen LogP contribution in [0.15, 0.2) is 134 Å². The van der Waals surface area contributed by atoms with E-state index in [9.17, 15) is 22.7 Å². The number of nitro benzene ring substituents is 1. The molecule has 10 nitrogen and oxygen atoms in total. The van der Waals surface area contributed by atoms with Crippen LogP contribution in [0.2, 0.25) is 0 Å². The zero-order valence-corrected chi connectivity index (χ0v) is 31.1. The fourth-order valence-corrected chi connectivity index (χ4v) is 8.08. The van der Waals surface area contributed by atoms with Crippen LogP contribution in [0, 0.1) is 16.0 Å². The summed E-state index contributed by atoms with van der Waals surface area (Å²) in [6, 6.07) is 38.1. The summed E-state index contributed by atoms with van der Waals surface area (Å²) >= 11 is -4.83. The number of hydrogen-bond donors (Lipinski definition) is 3. The minimum Gasteiger partial charge on any atom is -0.264 e. The first-order valence-electron chi connectivity index (χ1n) is 17.1. The summed E-state index contributed by atoms with van der Waals surface area (Å²) in [7, 11) is 0. The van der Waals surface area contributed by atoms with E-state index in [1.807, 2.05) is 73.1 Å². The summed E-state index contributed by atoms with van der Waals surface area (Å²) in [6.45, 7) is 3.60. The van der Waals surface area contributed by atoms with E-state index >= 15 is 0 Å². The van der Waals surface area contributed by atoms with Gasteiger partial charge in [-0.2, -0.15) is 0 Å². The first kappa shape index (κ1) is 37.1. The molecule has 3 N–H and O–H groups in total. The molecule has 0 radical (unpaired) electrons. The second-order valence-electron chi connectivity index (χ2n) is 13.0. The Balaban J connectivity index is 0.000000160. The number of carbonyl (C=O) groups excluding carboxylic acids is 1. The van der Waals surface area contributed by atoms with Gasteiger partial charge in [-0.15, -0.1) is 0 Å². The summed E-state index contributed by atoms with van der Waals surface area (Å²) in [5, 5.41) is 28.9. The quantitative estimate of drug-likeness (QED) is 0.0517. The number of carbonyl (C=O) groups is 1. The topological polar surface area (TPSA) is 152 Å². The maximum Gasteiger partial charge on any atom is 0.277 e. The third kappa shape index (κ3) is 8.71. The molecule has 1 heterocycles. The monoisotopic (exact) mass is 771 g/mol. The predicted molar refractivity (Wildman–Crippen MR) is 209 cm³/mol. The number of fused-ring (bicyclic) bond motifs is 6. The van der Waals surface area contributed by atoms with Gasteiger partial charge in [0.05, 0.1) is 10.3 Å². The molecule has 0 bridgehead atoms. The van der Waals surface area contributed by atoms with Crippen LogP contribution in [0.4, 0.5) is 11.4 Å². The van der Waals surface area contributed by atoms with Gasteiger partial charge < -0.3 is 0 Å². The SMILES string of the molecule is CC(=O)Nc1cccc([As](=O)(O)OO)c1.CC1CCc2c(ccc3c2cc([N+](=O)[O-])c2cc(-c4ccccc4)ccc23)C1.c1ccc2cnccc2c1. The second kappa shape index (κ2) is 16.4. The summed E-state index contributed by atoms with van der Waals surface area (Å²) in [5.41, 5.74) is 5.29. The molecule has 0 spiro atoms. The maximum absolute atomic E-state index is 11.9. The Kier molecular flexibility index (Phi) is 11.5. The molecule has 2 atom stereocenters. The second-order valence-corrected chi connectivity index (χ2v) is 16.6. The largest absolute Gasteiger partial charge is 0.277 e. The zero-order valence-electron chi connectivity index (χ0n) is 29.2. The van der Waals surface area contributed by atoms with Crippen molar-refractivity contribution >= 4 is 68.1 Å². The van der Waals surface area contributed by atoms with Gasteiger partial charge >= 0.3 is 88.4 Å². The first-order chi connectivity index (χ1) is 25.5. The summed E-state index contributed by atoms with van der Waals surface area (Å²) in [4.78, 5) is 26.4. The minimum absolute atomic E-state index is 0.0399. The van der Waals surface area contributed by atoms with Crippen molar-refractivity contribution in [3.63, 3.8) is 0 Å². The van der Waals surface area contributed by atoms with Crippen molar-refractivity contribution in [3.05, 3.63) is 155 Å². The number of nitrogens with one attached hydrogen (secondary N) is 1. The van der Waals surface area contributed by atoms with Crippen LogP contribution in [-0.4, -0.2) is 39.3 Å². The van der Waals surface area contributed by atoms with Crippen LogP contribution in [0.25, 0.3) is 43.4 Å². The van der Waals surface area contributed by atoms with E-state index in [4.69, 9.17) is 5.26 Å². The molecule has 0 saturated carbocycles. The van der Waals surface area contributed by atoms with E-state index in [0.717, 1.165) is 46.5 Å². The van der Waals surface area contributed by atoms with Crippen LogP contribution >= 0.6 is 0 Å². The summed E-state index contributed by atoms with van der Waals surface area (Å²) < 4.78 is 23.9. The normalized spacial score (nSPS) is 14.5. The van der Waals surface area contributed by atoms with Gasteiger partial charge in [0.2, 0.25) is 0 Å². The number of anilines is 1. The number of aromatic nitrogens is 1. The molecule has 0 fully saturated rings. The molecule has 1 aliphatic rings. The maximum atomic E-state index is 11.9. The number of pyridine rings is 1. The Bertz CT molecular complexity index is 2420. The Labute approximate surface area is 309 Å². The Morgan fingerprint density at radius 1 is 0.849 bits per heavy atom. The molecule has 268 valence electrons. The molecule has 0 saturated heterocycles. The fraction of sp³-hybridized carbons (Fsp3) is 0.143. The van der Waals surface area contributed by atoms with Gasteiger partial charge in [-0.05, 0) is 86.5 Å². The number of nitro groups is 1. The van der Waals surface area contributed by atoms with Gasteiger partial charge in [-0.25, -0.2) is 0 Å². The van der Waals surface area contributed by atoms with Crippen molar-refractivity contribution < 1.29 is 26.7 Å². The van der Waals surface area contributed by atoms with Crippen molar-refractivity contribution in [2.45, 2.75) is 33.1 Å². The molecule has 1 aromatic heterocycles. The van der Waals surface area contributed by atoms with Crippen LogP contribution < -0.4 is 9.67 Å². The zero-order chi connectivity index (χ0) is 37.5. The number of hydrogen-bond acceptors (Lipinski definition) is 7. The van der Waals surface area contributed by atoms with E-state index in [1.165, 1.54) is 47.0 Å². The van der Waals surface area contributed by atoms with Crippen LogP contribution in [0.5, 0.6) is 0 Å². The standard InChI is InChI=1S/C25H21NO2.C9H7N.C8H10AsNO5/c1-16-7-10-20-19(13-16)9-12-21-22-11-8-18(17-5-3-2-4-6-17)14-24(22)25(26(27)28)15-23(20)21;1-2-4-9-7-10-6-5-8(9)3-1;1-6(11)10-8-4-2-3-7(5-8)9(12,13)15-14/h2-6,8-9,11-12,14-16H,7,10,13H2,1H3;1-7H;2-5,14H,1H3,(H,10,11)(H,12,13). The average molecular weight is 772 g/mol. The number of aryl methyl sites for hydroxylation is 1. The number of nitrogens with zero attached hydrogens (tertiary/aromatic N) is 2. The Hall–Kier alpha value is -5.64. The number of amides is 1. The Morgan fingerprint density at radius 2 is 1.57 bits per heavy atom. The van der Waals surface area contributed by atoms with Crippen LogP contribution in [-0.2, 0) is 25.3 Å². The van der Waals surface area contributed by atoms with Gasteiger partial charge in [0, 0.05) is 18.5 Å². The molecule has 0 aliphatic heterocycles. The van der Waals surface area contributed by atoms with Gasteiger partial charge in [0.15, 0.2) is 0 Å². The smallest absolute Gasteiger partial charge is 0.264 e. The molecular weight excluding hydrogens is 733 g/mol. The summed E-state index contributed by atoms with van der Waals surface area (Å²) in [6.07, 6.45) is 6.88. The van der Waals surface area contributed by atoms with E-state index < -0.39 is 14.2 Å². The molecule has 8 rings (SSSR count). The van der Waals surface area contributed by atoms with Gasteiger partial charge in [-0.3, -0.25) is 15.1 Å². The molecule has 6 aromatic carbocycles. The van der Waals surface area contributed by atoms with Crippen LogP contribution in [0.3, 0.4) is 0 Å². The van der Waals surface area contributed by atoms with E-state index in [0.29, 0.717) is 17.0 Å². The van der Waals surface area contributed by atoms with Crippen molar-refractivity contribution in [2.24, 2.45) is 5.92 Å². The van der Waals surface area contributed by atoms with Gasteiger partial charge in [-0.1, -0.05) is 85.8 Å². The van der Waals surface area contributed by atoms with Crippen molar-refractivity contribution in [2.75, 3.05) is 5.32 Å². The fourth-order valence-electron chi connectivity index (χ4n) is 6.67. The molecule has 11 heteroatoms. The third-order valence-electron chi connectivity index (χ3n) is 9.23. The Morgan fingerprint density at radius 3 is 2.28 bits per heavy atom. The first-order valence-corrected chi connectivity index (χ1v) is 20.4. The number of benzene rings is 6.